The third-order valence-corrected chi connectivity index (χ3v) is 4.77. The molecular weight excluding hydrogens is 336 g/mol. The quantitative estimate of drug-likeness (QED) is 0.794. The highest BCUT2D eigenvalue weighted by Gasteiger charge is 2.28. The first-order chi connectivity index (χ1) is 9.67. The topological polar surface area (TPSA) is 29.5 Å². The summed E-state index contributed by atoms with van der Waals surface area (Å²) in [6.45, 7) is 0. The van der Waals surface area contributed by atoms with Crippen LogP contribution >= 0.6 is 27.7 Å². The number of halogens is 1. The van der Waals surface area contributed by atoms with Crippen molar-refractivity contribution in [3.63, 3.8) is 0 Å². The van der Waals surface area contributed by atoms with Crippen LogP contribution in [0.15, 0.2) is 51.8 Å². The van der Waals surface area contributed by atoms with E-state index in [2.05, 4.69) is 46.5 Å². The van der Waals surface area contributed by atoms with Crippen molar-refractivity contribution in [2.24, 2.45) is 0 Å². The third kappa shape index (κ3) is 2.73. The maximum Gasteiger partial charge on any atom is 0.127 e. The van der Waals surface area contributed by atoms with Crippen molar-refractivity contribution in [2.45, 2.75) is 23.5 Å². The molecule has 0 aliphatic carbocycles. The number of hydrogen-bond acceptors (Lipinski definition) is 3. The Kier molecular flexibility index (Phi) is 4.06. The lowest BCUT2D eigenvalue weighted by Gasteiger charge is -2.30. The van der Waals surface area contributed by atoms with Crippen molar-refractivity contribution in [1.82, 2.24) is 0 Å². The summed E-state index contributed by atoms with van der Waals surface area (Å²) in [4.78, 5) is 1.23. The van der Waals surface area contributed by atoms with E-state index in [0.29, 0.717) is 6.42 Å². The fourth-order valence-electron chi connectivity index (χ4n) is 2.44. The van der Waals surface area contributed by atoms with Crippen molar-refractivity contribution in [2.75, 3.05) is 6.26 Å². The molecule has 1 N–H and O–H groups in total. The zero-order valence-corrected chi connectivity index (χ0v) is 13.4. The van der Waals surface area contributed by atoms with Crippen molar-refractivity contribution in [1.29, 1.82) is 0 Å². The average molecular weight is 351 g/mol. The van der Waals surface area contributed by atoms with Gasteiger partial charge in [0.1, 0.15) is 11.9 Å². The summed E-state index contributed by atoms with van der Waals surface area (Å²) in [5.74, 6) is 0.761. The van der Waals surface area contributed by atoms with Crippen LogP contribution in [0.1, 0.15) is 29.8 Å². The van der Waals surface area contributed by atoms with Crippen LogP contribution in [0.3, 0.4) is 0 Å². The minimum Gasteiger partial charge on any atom is -0.485 e. The maximum absolute atomic E-state index is 10.3. The molecule has 1 aliphatic heterocycles. The van der Waals surface area contributed by atoms with Crippen LogP contribution in [0.25, 0.3) is 0 Å². The van der Waals surface area contributed by atoms with Crippen LogP contribution in [-0.2, 0) is 0 Å². The van der Waals surface area contributed by atoms with Crippen molar-refractivity contribution in [3.05, 3.63) is 58.1 Å². The molecule has 1 aliphatic rings. The van der Waals surface area contributed by atoms with Gasteiger partial charge in [0.25, 0.3) is 0 Å². The Hall–Kier alpha value is -0.970. The van der Waals surface area contributed by atoms with Gasteiger partial charge in [-0.25, -0.2) is 0 Å². The molecule has 2 nitrogen and oxygen atoms in total. The average Bonchev–Trinajstić information content (AvgIpc) is 2.46. The van der Waals surface area contributed by atoms with Crippen molar-refractivity contribution in [3.8, 4) is 5.75 Å². The van der Waals surface area contributed by atoms with Gasteiger partial charge < -0.3 is 9.84 Å². The first-order valence-corrected chi connectivity index (χ1v) is 8.47. The van der Waals surface area contributed by atoms with E-state index in [-0.39, 0.29) is 6.10 Å². The molecule has 20 heavy (non-hydrogen) atoms. The molecule has 2 aromatic rings. The van der Waals surface area contributed by atoms with E-state index in [0.717, 1.165) is 21.3 Å². The Bertz CT molecular complexity index is 612. The van der Waals surface area contributed by atoms with E-state index in [1.807, 2.05) is 18.2 Å². The first kappa shape index (κ1) is 14.0. The molecule has 3 rings (SSSR count). The number of aliphatic hydroxyl groups excluding tert-OH is 1. The molecule has 1 heterocycles. The second kappa shape index (κ2) is 5.80. The molecule has 0 spiro atoms. The van der Waals surface area contributed by atoms with Gasteiger partial charge in [-0.05, 0) is 36.1 Å². The number of benzene rings is 2. The highest BCUT2D eigenvalue weighted by molar-refractivity contribution is 9.10. The van der Waals surface area contributed by atoms with E-state index in [4.69, 9.17) is 4.74 Å². The second-order valence-electron chi connectivity index (χ2n) is 4.81. The summed E-state index contributed by atoms with van der Waals surface area (Å²) in [7, 11) is 0. The summed E-state index contributed by atoms with van der Waals surface area (Å²) in [6.07, 6.45) is 2.08. The SMILES string of the molecule is CSc1ccc(C2C[C@@H](O)c3ccc(Br)cc3O2)cc1. The minimum absolute atomic E-state index is 0.0947. The lowest BCUT2D eigenvalue weighted by Crippen LogP contribution is -2.18. The number of hydrogen-bond donors (Lipinski definition) is 1. The predicted molar refractivity (Wildman–Crippen MR) is 85.3 cm³/mol. The van der Waals surface area contributed by atoms with Crippen LogP contribution in [0, 0.1) is 0 Å². The zero-order chi connectivity index (χ0) is 14.1. The highest BCUT2D eigenvalue weighted by Crippen LogP contribution is 2.41. The molecule has 0 aromatic heterocycles. The molecule has 2 atom stereocenters. The van der Waals surface area contributed by atoms with Crippen molar-refractivity contribution < 1.29 is 9.84 Å². The molecule has 0 bridgehead atoms. The molecule has 0 saturated heterocycles. The van der Waals surface area contributed by atoms with Gasteiger partial charge in [-0.3, -0.25) is 0 Å². The second-order valence-corrected chi connectivity index (χ2v) is 6.61. The van der Waals surface area contributed by atoms with Gasteiger partial charge in [-0.1, -0.05) is 34.1 Å². The van der Waals surface area contributed by atoms with E-state index in [1.165, 1.54) is 4.90 Å². The molecule has 104 valence electrons. The van der Waals surface area contributed by atoms with E-state index >= 15 is 0 Å². The molecule has 1 unspecified atom stereocenters. The third-order valence-electron chi connectivity index (χ3n) is 3.53. The lowest BCUT2D eigenvalue weighted by molar-refractivity contribution is 0.0656. The molecule has 0 amide bonds. The van der Waals surface area contributed by atoms with Gasteiger partial charge in [0.15, 0.2) is 0 Å². The van der Waals surface area contributed by atoms with Gasteiger partial charge >= 0.3 is 0 Å². The van der Waals surface area contributed by atoms with Gasteiger partial charge in [-0.15, -0.1) is 11.8 Å². The van der Waals surface area contributed by atoms with Crippen LogP contribution < -0.4 is 4.74 Å². The molecule has 0 fully saturated rings. The Balaban J connectivity index is 1.89. The summed E-state index contributed by atoms with van der Waals surface area (Å²) >= 11 is 5.16. The predicted octanol–water partition coefficient (Wildman–Crippen LogP) is 4.73. The zero-order valence-electron chi connectivity index (χ0n) is 11.0. The standard InChI is InChI=1S/C16H15BrO2S/c1-20-12-5-2-10(3-6-12)15-9-14(18)13-7-4-11(17)8-16(13)19-15/h2-8,14-15,18H,9H2,1H3/t14-,15?/m1/s1. The molecule has 0 radical (unpaired) electrons. The van der Waals surface area contributed by atoms with Crippen LogP contribution in [-0.4, -0.2) is 11.4 Å². The minimum atomic E-state index is -0.475. The van der Waals surface area contributed by atoms with E-state index in [1.54, 1.807) is 11.8 Å². The maximum atomic E-state index is 10.3. The molecular formula is C16H15BrO2S. The van der Waals surface area contributed by atoms with Crippen LogP contribution in [0.5, 0.6) is 5.75 Å². The van der Waals surface area contributed by atoms with Gasteiger partial charge in [0.05, 0.1) is 6.10 Å². The fourth-order valence-corrected chi connectivity index (χ4v) is 3.19. The number of rotatable bonds is 2. The summed E-state index contributed by atoms with van der Waals surface area (Å²) in [5, 5.41) is 10.3. The van der Waals surface area contributed by atoms with Crippen LogP contribution in [0.2, 0.25) is 0 Å². The summed E-state index contributed by atoms with van der Waals surface area (Å²) in [5.41, 5.74) is 1.97. The molecule has 4 heteroatoms. The number of fused-ring (bicyclic) bond motifs is 1. The fraction of sp³-hybridized carbons (Fsp3) is 0.250. The smallest absolute Gasteiger partial charge is 0.127 e. The van der Waals surface area contributed by atoms with Gasteiger partial charge in [-0.2, -0.15) is 0 Å². The first-order valence-electron chi connectivity index (χ1n) is 6.45. The Morgan fingerprint density at radius 3 is 2.65 bits per heavy atom. The molecule has 0 saturated carbocycles. The van der Waals surface area contributed by atoms with E-state index < -0.39 is 6.10 Å². The van der Waals surface area contributed by atoms with Crippen LogP contribution in [0.4, 0.5) is 0 Å². The number of aliphatic hydroxyl groups is 1. The summed E-state index contributed by atoms with van der Waals surface area (Å²) < 4.78 is 7.01. The lowest BCUT2D eigenvalue weighted by atomic mass is 9.95. The van der Waals surface area contributed by atoms with Gasteiger partial charge in [0, 0.05) is 21.4 Å². The Labute approximate surface area is 131 Å². The Morgan fingerprint density at radius 2 is 1.95 bits per heavy atom. The normalized spacial score (nSPS) is 21.1. The van der Waals surface area contributed by atoms with E-state index in [9.17, 15) is 5.11 Å². The molecule has 2 aromatic carbocycles. The van der Waals surface area contributed by atoms with Crippen molar-refractivity contribution >= 4 is 27.7 Å². The number of ether oxygens (including phenoxy) is 1. The number of thioether (sulfide) groups is 1. The largest absolute Gasteiger partial charge is 0.485 e. The Morgan fingerprint density at radius 1 is 1.20 bits per heavy atom. The van der Waals surface area contributed by atoms with Gasteiger partial charge in [0.2, 0.25) is 0 Å². The highest BCUT2D eigenvalue weighted by atomic mass is 79.9. The monoisotopic (exact) mass is 350 g/mol. The summed E-state index contributed by atoms with van der Waals surface area (Å²) in [6, 6.07) is 14.1.